The van der Waals surface area contributed by atoms with Gasteiger partial charge in [-0.1, -0.05) is 19.9 Å². The Morgan fingerprint density at radius 3 is 2.36 bits per heavy atom. The molecule has 0 saturated carbocycles. The Morgan fingerprint density at radius 1 is 1.55 bits per heavy atom. The van der Waals surface area contributed by atoms with E-state index >= 15 is 0 Å². The van der Waals surface area contributed by atoms with E-state index in [4.69, 9.17) is 5.11 Å². The van der Waals surface area contributed by atoms with Crippen LogP contribution in [-0.2, 0) is 4.79 Å². The summed E-state index contributed by atoms with van der Waals surface area (Å²) in [6, 6.07) is 0. The Bertz CT molecular complexity index is 138. The molecule has 0 amide bonds. The molecule has 0 aliphatic heterocycles. The van der Waals surface area contributed by atoms with Gasteiger partial charge in [0.25, 0.3) is 0 Å². The van der Waals surface area contributed by atoms with Crippen LogP contribution in [0.15, 0.2) is 12.7 Å². The van der Waals surface area contributed by atoms with E-state index in [1.165, 1.54) is 6.08 Å². The van der Waals surface area contributed by atoms with Crippen LogP contribution >= 0.6 is 0 Å². The highest BCUT2D eigenvalue weighted by Gasteiger charge is 2.12. The lowest BCUT2D eigenvalue weighted by molar-refractivity contribution is -0.140. The van der Waals surface area contributed by atoms with E-state index in [-0.39, 0.29) is 5.92 Å². The Labute approximate surface area is 67.9 Å². The Morgan fingerprint density at radius 2 is 2.09 bits per heavy atom. The third-order valence-electron chi connectivity index (χ3n) is 1.66. The lowest BCUT2D eigenvalue weighted by atomic mass is 9.98. The summed E-state index contributed by atoms with van der Waals surface area (Å²) in [6.07, 6.45) is 3.16. The lowest BCUT2D eigenvalue weighted by Crippen LogP contribution is -2.11. The fourth-order valence-electron chi connectivity index (χ4n) is 0.855. The van der Waals surface area contributed by atoms with Crippen molar-refractivity contribution in [1.29, 1.82) is 0 Å². The van der Waals surface area contributed by atoms with Gasteiger partial charge in [-0.15, -0.1) is 6.58 Å². The first-order valence-corrected chi connectivity index (χ1v) is 3.93. The van der Waals surface area contributed by atoms with Crippen LogP contribution in [0, 0.1) is 11.8 Å². The van der Waals surface area contributed by atoms with E-state index in [0.717, 1.165) is 6.42 Å². The standard InChI is InChI=1S/C9H16O2/c1-4-8(9(10)11)6-5-7(2)3/h4,7-8H,1,5-6H2,2-3H3,(H,10,11). The average molecular weight is 156 g/mol. The van der Waals surface area contributed by atoms with Crippen LogP contribution < -0.4 is 0 Å². The van der Waals surface area contributed by atoms with E-state index in [1.807, 2.05) is 0 Å². The summed E-state index contributed by atoms with van der Waals surface area (Å²) in [5.74, 6) is -0.560. The minimum Gasteiger partial charge on any atom is -0.481 e. The van der Waals surface area contributed by atoms with Gasteiger partial charge in [0, 0.05) is 0 Å². The Balaban J connectivity index is 3.70. The molecular formula is C9H16O2. The molecule has 11 heavy (non-hydrogen) atoms. The molecule has 0 bridgehead atoms. The smallest absolute Gasteiger partial charge is 0.310 e. The molecule has 0 aliphatic rings. The van der Waals surface area contributed by atoms with Gasteiger partial charge in [0.15, 0.2) is 0 Å². The zero-order valence-corrected chi connectivity index (χ0v) is 7.21. The van der Waals surface area contributed by atoms with Crippen LogP contribution in [0.2, 0.25) is 0 Å². The molecule has 2 nitrogen and oxygen atoms in total. The summed E-state index contributed by atoms with van der Waals surface area (Å²) in [5.41, 5.74) is 0. The molecule has 64 valence electrons. The summed E-state index contributed by atoms with van der Waals surface area (Å²) in [6.45, 7) is 7.65. The van der Waals surface area contributed by atoms with Gasteiger partial charge in [0.2, 0.25) is 0 Å². The van der Waals surface area contributed by atoms with Gasteiger partial charge < -0.3 is 5.11 Å². The van der Waals surface area contributed by atoms with Crippen molar-refractivity contribution in [3.05, 3.63) is 12.7 Å². The molecule has 1 unspecified atom stereocenters. The zero-order valence-electron chi connectivity index (χ0n) is 7.21. The van der Waals surface area contributed by atoms with Crippen molar-refractivity contribution in [1.82, 2.24) is 0 Å². The van der Waals surface area contributed by atoms with Crippen LogP contribution in [0.4, 0.5) is 0 Å². The van der Waals surface area contributed by atoms with Gasteiger partial charge in [-0.05, 0) is 18.8 Å². The molecular weight excluding hydrogens is 140 g/mol. The van der Waals surface area contributed by atoms with E-state index < -0.39 is 5.97 Å². The molecule has 0 aromatic rings. The fourth-order valence-corrected chi connectivity index (χ4v) is 0.855. The molecule has 0 aliphatic carbocycles. The molecule has 2 heteroatoms. The summed E-state index contributed by atoms with van der Waals surface area (Å²) >= 11 is 0. The summed E-state index contributed by atoms with van der Waals surface area (Å²) < 4.78 is 0. The van der Waals surface area contributed by atoms with E-state index in [0.29, 0.717) is 12.3 Å². The van der Waals surface area contributed by atoms with Crippen molar-refractivity contribution < 1.29 is 9.90 Å². The number of aliphatic carboxylic acids is 1. The maximum Gasteiger partial charge on any atom is 0.310 e. The van der Waals surface area contributed by atoms with Gasteiger partial charge in [-0.3, -0.25) is 4.79 Å². The minimum absolute atomic E-state index is 0.364. The van der Waals surface area contributed by atoms with Gasteiger partial charge in [-0.25, -0.2) is 0 Å². The van der Waals surface area contributed by atoms with Crippen molar-refractivity contribution in [2.45, 2.75) is 26.7 Å². The van der Waals surface area contributed by atoms with Crippen molar-refractivity contribution in [3.8, 4) is 0 Å². The van der Waals surface area contributed by atoms with Crippen molar-refractivity contribution in [3.63, 3.8) is 0 Å². The molecule has 1 atom stereocenters. The topological polar surface area (TPSA) is 37.3 Å². The highest BCUT2D eigenvalue weighted by atomic mass is 16.4. The van der Waals surface area contributed by atoms with E-state index in [2.05, 4.69) is 20.4 Å². The Hall–Kier alpha value is -0.790. The lowest BCUT2D eigenvalue weighted by Gasteiger charge is -2.08. The second-order valence-corrected chi connectivity index (χ2v) is 3.15. The van der Waals surface area contributed by atoms with E-state index in [9.17, 15) is 4.79 Å². The third kappa shape index (κ3) is 4.59. The maximum absolute atomic E-state index is 10.5. The summed E-state index contributed by atoms with van der Waals surface area (Å²) in [4.78, 5) is 10.5. The predicted octanol–water partition coefficient (Wildman–Crippen LogP) is 2.31. The fraction of sp³-hybridized carbons (Fsp3) is 0.667. The van der Waals surface area contributed by atoms with Crippen molar-refractivity contribution >= 4 is 5.97 Å². The van der Waals surface area contributed by atoms with Crippen LogP contribution in [0.25, 0.3) is 0 Å². The second kappa shape index (κ2) is 4.94. The largest absolute Gasteiger partial charge is 0.481 e. The van der Waals surface area contributed by atoms with Gasteiger partial charge in [0.05, 0.1) is 5.92 Å². The normalized spacial score (nSPS) is 13.0. The second-order valence-electron chi connectivity index (χ2n) is 3.15. The number of carboxylic acids is 1. The Kier molecular flexibility index (Phi) is 4.59. The van der Waals surface area contributed by atoms with Crippen LogP contribution in [0.3, 0.4) is 0 Å². The highest BCUT2D eigenvalue weighted by molar-refractivity contribution is 5.71. The minimum atomic E-state index is -0.763. The summed E-state index contributed by atoms with van der Waals surface area (Å²) in [5, 5.41) is 8.61. The molecule has 0 aromatic carbocycles. The maximum atomic E-state index is 10.5. The predicted molar refractivity (Wildman–Crippen MR) is 45.4 cm³/mol. The molecule has 0 aromatic heterocycles. The van der Waals surface area contributed by atoms with Crippen molar-refractivity contribution in [2.75, 3.05) is 0 Å². The SMILES string of the molecule is C=CC(CCC(C)C)C(=O)O. The molecule has 0 radical (unpaired) electrons. The van der Waals surface area contributed by atoms with Crippen LogP contribution in [0.1, 0.15) is 26.7 Å². The van der Waals surface area contributed by atoms with Gasteiger partial charge in [0.1, 0.15) is 0 Å². The molecule has 0 spiro atoms. The highest BCUT2D eigenvalue weighted by Crippen LogP contribution is 2.12. The average Bonchev–Trinajstić information content (AvgIpc) is 1.87. The van der Waals surface area contributed by atoms with Gasteiger partial charge >= 0.3 is 5.97 Å². The molecule has 1 N–H and O–H groups in total. The molecule has 0 fully saturated rings. The number of hydrogen-bond acceptors (Lipinski definition) is 1. The number of rotatable bonds is 5. The molecule has 0 saturated heterocycles. The number of hydrogen-bond donors (Lipinski definition) is 1. The first kappa shape index (κ1) is 10.2. The first-order valence-electron chi connectivity index (χ1n) is 3.93. The van der Waals surface area contributed by atoms with E-state index in [1.54, 1.807) is 0 Å². The number of carbonyl (C=O) groups is 1. The van der Waals surface area contributed by atoms with Crippen LogP contribution in [0.5, 0.6) is 0 Å². The quantitative estimate of drug-likeness (QED) is 0.620. The summed E-state index contributed by atoms with van der Waals surface area (Å²) in [7, 11) is 0. The van der Waals surface area contributed by atoms with Crippen molar-refractivity contribution in [2.24, 2.45) is 11.8 Å². The number of carboxylic acid groups (broad SMARTS) is 1. The zero-order chi connectivity index (χ0) is 8.85. The van der Waals surface area contributed by atoms with Crippen LogP contribution in [-0.4, -0.2) is 11.1 Å². The first-order chi connectivity index (χ1) is 5.07. The van der Waals surface area contributed by atoms with Gasteiger partial charge in [-0.2, -0.15) is 0 Å². The third-order valence-corrected chi connectivity index (χ3v) is 1.66. The molecule has 0 rings (SSSR count). The monoisotopic (exact) mass is 156 g/mol. The molecule has 0 heterocycles.